The number of nitrogens with two attached hydrogens (primary N) is 1. The van der Waals surface area contributed by atoms with Crippen LogP contribution in [0.1, 0.15) is 25.7 Å². The minimum atomic E-state index is 0.303. The molecule has 1 rings (SSSR count). The fourth-order valence-electron chi connectivity index (χ4n) is 1.86. The van der Waals surface area contributed by atoms with Gasteiger partial charge in [-0.15, -0.1) is 0 Å². The summed E-state index contributed by atoms with van der Waals surface area (Å²) < 4.78 is 5.30. The number of rotatable bonds is 5. The summed E-state index contributed by atoms with van der Waals surface area (Å²) in [6.45, 7) is 3.31. The van der Waals surface area contributed by atoms with Gasteiger partial charge >= 0.3 is 0 Å². The van der Waals surface area contributed by atoms with Gasteiger partial charge in [-0.25, -0.2) is 0 Å². The van der Waals surface area contributed by atoms with Crippen molar-refractivity contribution in [2.75, 3.05) is 26.7 Å². The molecule has 0 spiro atoms. The first-order valence-corrected chi connectivity index (χ1v) is 5.30. The molecular formula is C10H21N3O. The van der Waals surface area contributed by atoms with Gasteiger partial charge in [0, 0.05) is 26.6 Å². The lowest BCUT2D eigenvalue weighted by molar-refractivity contribution is 0.0410. The molecule has 14 heavy (non-hydrogen) atoms. The van der Waals surface area contributed by atoms with Crippen molar-refractivity contribution in [3.05, 3.63) is 0 Å². The highest BCUT2D eigenvalue weighted by Gasteiger charge is 2.17. The molecular weight excluding hydrogens is 178 g/mol. The maximum Gasteiger partial charge on any atom is 0.0905 e. The molecule has 0 bridgehead atoms. The molecule has 1 fully saturated rings. The van der Waals surface area contributed by atoms with Crippen LogP contribution in [0.3, 0.4) is 0 Å². The summed E-state index contributed by atoms with van der Waals surface area (Å²) in [6.07, 6.45) is 4.46. The summed E-state index contributed by atoms with van der Waals surface area (Å²) in [6, 6.07) is 0. The van der Waals surface area contributed by atoms with E-state index in [0.717, 1.165) is 45.3 Å². The fourth-order valence-corrected chi connectivity index (χ4v) is 1.86. The van der Waals surface area contributed by atoms with Crippen LogP contribution in [-0.2, 0) is 4.74 Å². The minimum absolute atomic E-state index is 0.303. The van der Waals surface area contributed by atoms with Gasteiger partial charge in [-0.2, -0.15) is 0 Å². The third kappa shape index (κ3) is 4.07. The van der Waals surface area contributed by atoms with Crippen LogP contribution in [0.5, 0.6) is 0 Å². The van der Waals surface area contributed by atoms with Crippen molar-refractivity contribution < 1.29 is 4.74 Å². The van der Waals surface area contributed by atoms with Gasteiger partial charge < -0.3 is 15.4 Å². The second kappa shape index (κ2) is 5.98. The number of piperidine rings is 1. The highest BCUT2D eigenvalue weighted by Crippen LogP contribution is 2.12. The van der Waals surface area contributed by atoms with E-state index >= 15 is 0 Å². The molecule has 0 aromatic carbocycles. The first-order valence-electron chi connectivity index (χ1n) is 5.30. The predicted octanol–water partition coefficient (Wildman–Crippen LogP) is 0.813. The molecule has 0 aromatic heterocycles. The molecule has 0 aliphatic carbocycles. The quantitative estimate of drug-likeness (QED) is 0.509. The summed E-state index contributed by atoms with van der Waals surface area (Å²) in [5.74, 6) is 0.303. The molecule has 1 saturated heterocycles. The standard InChI is InChI=1S/C10H21N3O/c1-14-9-4-7-13(8-5-9)6-2-3-10(11)12/h9H,2-8H2,1H3,(H3,11,12). The van der Waals surface area contributed by atoms with Crippen LogP contribution < -0.4 is 5.73 Å². The van der Waals surface area contributed by atoms with Crippen molar-refractivity contribution in [2.45, 2.75) is 31.8 Å². The van der Waals surface area contributed by atoms with Crippen LogP contribution >= 0.6 is 0 Å². The lowest BCUT2D eigenvalue weighted by Crippen LogP contribution is -2.37. The highest BCUT2D eigenvalue weighted by molar-refractivity contribution is 5.76. The van der Waals surface area contributed by atoms with Gasteiger partial charge in [0.1, 0.15) is 0 Å². The molecule has 1 aliphatic rings. The molecule has 0 amide bonds. The zero-order valence-electron chi connectivity index (χ0n) is 8.96. The molecule has 1 aliphatic heterocycles. The van der Waals surface area contributed by atoms with E-state index in [4.69, 9.17) is 15.9 Å². The van der Waals surface area contributed by atoms with E-state index < -0.39 is 0 Å². The van der Waals surface area contributed by atoms with Gasteiger partial charge in [-0.05, 0) is 25.8 Å². The monoisotopic (exact) mass is 199 g/mol. The third-order valence-corrected chi connectivity index (χ3v) is 2.79. The summed E-state index contributed by atoms with van der Waals surface area (Å²) in [4.78, 5) is 2.43. The number of methoxy groups -OCH3 is 1. The molecule has 3 N–H and O–H groups in total. The largest absolute Gasteiger partial charge is 0.388 e. The average molecular weight is 199 g/mol. The zero-order chi connectivity index (χ0) is 10.4. The van der Waals surface area contributed by atoms with Crippen molar-refractivity contribution in [2.24, 2.45) is 5.73 Å². The summed E-state index contributed by atoms with van der Waals surface area (Å²) >= 11 is 0. The van der Waals surface area contributed by atoms with Crippen LogP contribution in [0, 0.1) is 5.41 Å². The molecule has 0 atom stereocenters. The Bertz CT molecular complexity index is 176. The van der Waals surface area contributed by atoms with Crippen LogP contribution in [-0.4, -0.2) is 43.6 Å². The Labute approximate surface area is 85.9 Å². The highest BCUT2D eigenvalue weighted by atomic mass is 16.5. The van der Waals surface area contributed by atoms with Gasteiger partial charge in [0.15, 0.2) is 0 Å². The molecule has 82 valence electrons. The van der Waals surface area contributed by atoms with Gasteiger partial charge in [0.05, 0.1) is 11.9 Å². The molecule has 0 unspecified atom stereocenters. The maximum absolute atomic E-state index is 7.11. The van der Waals surface area contributed by atoms with Crippen LogP contribution in [0.15, 0.2) is 0 Å². The molecule has 0 aromatic rings. The third-order valence-electron chi connectivity index (χ3n) is 2.79. The second-order valence-corrected chi connectivity index (χ2v) is 3.91. The molecule has 4 nitrogen and oxygen atoms in total. The minimum Gasteiger partial charge on any atom is -0.388 e. The number of hydrogen-bond acceptors (Lipinski definition) is 3. The number of nitrogens with zero attached hydrogens (tertiary/aromatic N) is 1. The van der Waals surface area contributed by atoms with E-state index in [1.54, 1.807) is 7.11 Å². The van der Waals surface area contributed by atoms with Gasteiger partial charge in [0.25, 0.3) is 0 Å². The lowest BCUT2D eigenvalue weighted by Gasteiger charge is -2.31. The van der Waals surface area contributed by atoms with Gasteiger partial charge in [-0.3, -0.25) is 5.41 Å². The molecule has 0 saturated carbocycles. The van der Waals surface area contributed by atoms with E-state index in [0.29, 0.717) is 11.9 Å². The van der Waals surface area contributed by atoms with E-state index in [-0.39, 0.29) is 0 Å². The molecule has 4 heteroatoms. The molecule has 0 radical (unpaired) electrons. The summed E-state index contributed by atoms with van der Waals surface area (Å²) in [7, 11) is 1.79. The maximum atomic E-state index is 7.11. The van der Waals surface area contributed by atoms with Crippen molar-refractivity contribution in [1.29, 1.82) is 5.41 Å². The zero-order valence-corrected chi connectivity index (χ0v) is 8.96. The Morgan fingerprint density at radius 1 is 1.50 bits per heavy atom. The Morgan fingerprint density at radius 3 is 2.64 bits per heavy atom. The summed E-state index contributed by atoms with van der Waals surface area (Å²) in [5.41, 5.74) is 5.30. The van der Waals surface area contributed by atoms with Crippen molar-refractivity contribution in [1.82, 2.24) is 4.90 Å². The number of likely N-dealkylation sites (tertiary alicyclic amines) is 1. The first kappa shape index (κ1) is 11.5. The van der Waals surface area contributed by atoms with E-state index in [9.17, 15) is 0 Å². The van der Waals surface area contributed by atoms with Crippen molar-refractivity contribution in [3.8, 4) is 0 Å². The van der Waals surface area contributed by atoms with E-state index in [1.807, 2.05) is 0 Å². The summed E-state index contributed by atoms with van der Waals surface area (Å²) in [5, 5.41) is 7.11. The fraction of sp³-hybridized carbons (Fsp3) is 0.900. The predicted molar refractivity (Wildman–Crippen MR) is 57.6 cm³/mol. The number of amidine groups is 1. The number of hydrogen-bond donors (Lipinski definition) is 2. The number of ether oxygens (including phenoxy) is 1. The van der Waals surface area contributed by atoms with Crippen LogP contribution in [0.25, 0.3) is 0 Å². The average Bonchev–Trinajstić information content (AvgIpc) is 2.18. The van der Waals surface area contributed by atoms with Crippen molar-refractivity contribution >= 4 is 5.84 Å². The smallest absolute Gasteiger partial charge is 0.0905 e. The topological polar surface area (TPSA) is 62.3 Å². The Hall–Kier alpha value is -0.610. The molecule has 1 heterocycles. The first-order chi connectivity index (χ1) is 6.72. The van der Waals surface area contributed by atoms with Gasteiger partial charge in [0.2, 0.25) is 0 Å². The SMILES string of the molecule is COC1CCN(CCCC(=N)N)CC1. The Morgan fingerprint density at radius 2 is 2.14 bits per heavy atom. The number of nitrogens with one attached hydrogen (secondary N) is 1. The second-order valence-electron chi connectivity index (χ2n) is 3.91. The van der Waals surface area contributed by atoms with Crippen molar-refractivity contribution in [3.63, 3.8) is 0 Å². The normalized spacial score (nSPS) is 19.8. The van der Waals surface area contributed by atoms with Crippen LogP contribution in [0.4, 0.5) is 0 Å². The Balaban J connectivity index is 2.07. The van der Waals surface area contributed by atoms with Gasteiger partial charge in [-0.1, -0.05) is 0 Å². The van der Waals surface area contributed by atoms with E-state index in [2.05, 4.69) is 4.90 Å². The van der Waals surface area contributed by atoms with E-state index in [1.165, 1.54) is 0 Å². The van der Waals surface area contributed by atoms with Crippen LogP contribution in [0.2, 0.25) is 0 Å². The Kier molecular flexibility index (Phi) is 4.90. The lowest BCUT2D eigenvalue weighted by atomic mass is 10.1.